The molecule has 1 heterocycles. The molecule has 0 radical (unpaired) electrons. The first kappa shape index (κ1) is 20.8. The second-order valence-corrected chi connectivity index (χ2v) is 8.03. The highest BCUT2D eigenvalue weighted by Gasteiger charge is 2.15. The molecule has 3 aromatic rings. The van der Waals surface area contributed by atoms with E-state index in [1.54, 1.807) is 18.2 Å². The van der Waals surface area contributed by atoms with E-state index >= 15 is 0 Å². The topological polar surface area (TPSA) is 76.7 Å². The van der Waals surface area contributed by atoms with Crippen molar-refractivity contribution in [3.05, 3.63) is 60.0 Å². The van der Waals surface area contributed by atoms with E-state index in [4.69, 9.17) is 16.3 Å². The first-order chi connectivity index (χ1) is 13.4. The Morgan fingerprint density at radius 1 is 1.36 bits per heavy atom. The number of phenols is 1. The molecule has 0 bridgehead atoms. The number of hydrogen-bond acceptors (Lipinski definition) is 5. The van der Waals surface area contributed by atoms with Crippen molar-refractivity contribution in [2.24, 2.45) is 5.10 Å². The Morgan fingerprint density at radius 3 is 2.79 bits per heavy atom. The Hall–Kier alpha value is -1.90. The summed E-state index contributed by atoms with van der Waals surface area (Å²) in [7, 11) is 1.43. The van der Waals surface area contributed by atoms with Gasteiger partial charge in [0.15, 0.2) is 11.5 Å². The normalized spacial score (nSPS) is 11.5. The zero-order valence-electron chi connectivity index (χ0n) is 15.0. The Kier molecular flexibility index (Phi) is 6.42. The highest BCUT2D eigenvalue weighted by Crippen LogP contribution is 2.40. The molecule has 0 aliphatic heterocycles. The van der Waals surface area contributed by atoms with Crippen LogP contribution in [0.5, 0.6) is 11.5 Å². The predicted molar refractivity (Wildman–Crippen MR) is 118 cm³/mol. The molecule has 28 heavy (non-hydrogen) atoms. The van der Waals surface area contributed by atoms with Crippen LogP contribution in [0.25, 0.3) is 10.9 Å². The first-order valence-corrected chi connectivity index (χ1v) is 10.3. The van der Waals surface area contributed by atoms with Gasteiger partial charge in [0.05, 0.1) is 24.2 Å². The quantitative estimate of drug-likeness (QED) is 0.466. The van der Waals surface area contributed by atoms with Crippen LogP contribution in [0.2, 0.25) is 5.02 Å². The SMILES string of the molecule is CCCc1nc2ccc(Br)cc2c(=O)n1N=Cc1cc(OC)c(O)c(Cl)c1Br. The number of aromatic nitrogens is 2. The molecule has 0 spiro atoms. The van der Waals surface area contributed by atoms with E-state index in [1.165, 1.54) is 18.0 Å². The number of ether oxygens (including phenoxy) is 1. The molecule has 0 saturated heterocycles. The summed E-state index contributed by atoms with van der Waals surface area (Å²) < 4.78 is 7.65. The van der Waals surface area contributed by atoms with Crippen molar-refractivity contribution in [3.63, 3.8) is 0 Å². The van der Waals surface area contributed by atoms with Crippen LogP contribution in [-0.4, -0.2) is 28.1 Å². The van der Waals surface area contributed by atoms with Gasteiger partial charge in [0.2, 0.25) is 0 Å². The molecule has 6 nitrogen and oxygen atoms in total. The van der Waals surface area contributed by atoms with Crippen LogP contribution < -0.4 is 10.3 Å². The average molecular weight is 530 g/mol. The van der Waals surface area contributed by atoms with Gasteiger partial charge < -0.3 is 9.84 Å². The molecule has 146 valence electrons. The lowest BCUT2D eigenvalue weighted by Crippen LogP contribution is -2.22. The summed E-state index contributed by atoms with van der Waals surface area (Å²) in [6, 6.07) is 6.95. The maximum absolute atomic E-state index is 13.0. The third kappa shape index (κ3) is 3.94. The van der Waals surface area contributed by atoms with E-state index in [0.717, 1.165) is 10.9 Å². The number of hydrogen-bond donors (Lipinski definition) is 1. The van der Waals surface area contributed by atoms with Gasteiger partial charge in [-0.1, -0.05) is 34.5 Å². The summed E-state index contributed by atoms with van der Waals surface area (Å²) in [5.41, 5.74) is 0.904. The molecular formula is C19H16Br2ClN3O3. The Labute approximate surface area is 183 Å². The van der Waals surface area contributed by atoms with E-state index < -0.39 is 0 Å². The second kappa shape index (κ2) is 8.63. The van der Waals surface area contributed by atoms with Gasteiger partial charge in [0.1, 0.15) is 10.8 Å². The fraction of sp³-hybridized carbons (Fsp3) is 0.211. The Morgan fingerprint density at radius 2 is 2.11 bits per heavy atom. The lowest BCUT2D eigenvalue weighted by Gasteiger charge is -2.10. The monoisotopic (exact) mass is 527 g/mol. The van der Waals surface area contributed by atoms with Gasteiger partial charge in [-0.2, -0.15) is 9.78 Å². The van der Waals surface area contributed by atoms with Crippen molar-refractivity contribution >= 4 is 60.6 Å². The molecule has 0 unspecified atom stereocenters. The fourth-order valence-electron chi connectivity index (χ4n) is 2.68. The van der Waals surface area contributed by atoms with Crippen LogP contribution >= 0.6 is 43.5 Å². The molecule has 2 aromatic carbocycles. The standard InChI is InChI=1S/C19H16Br2ClN3O3/c1-3-4-15-24-13-6-5-11(20)8-12(13)19(27)25(15)23-9-10-7-14(28-2)18(26)17(22)16(10)21/h5-9,26H,3-4H2,1-2H3. The molecule has 0 atom stereocenters. The minimum atomic E-state index is -0.265. The van der Waals surface area contributed by atoms with Gasteiger partial charge in [-0.15, -0.1) is 0 Å². The number of benzene rings is 2. The average Bonchev–Trinajstić information content (AvgIpc) is 2.68. The summed E-state index contributed by atoms with van der Waals surface area (Å²) in [5, 5.41) is 14.9. The molecule has 0 saturated carbocycles. The highest BCUT2D eigenvalue weighted by atomic mass is 79.9. The summed E-state index contributed by atoms with van der Waals surface area (Å²) >= 11 is 12.9. The molecule has 0 aliphatic carbocycles. The fourth-order valence-corrected chi connectivity index (χ4v) is 3.65. The van der Waals surface area contributed by atoms with Gasteiger partial charge in [-0.05, 0) is 46.6 Å². The lowest BCUT2D eigenvalue weighted by molar-refractivity contribution is 0.373. The minimum Gasteiger partial charge on any atom is -0.503 e. The highest BCUT2D eigenvalue weighted by molar-refractivity contribution is 9.10. The zero-order chi connectivity index (χ0) is 20.4. The molecule has 1 N–H and O–H groups in total. The molecule has 3 rings (SSSR count). The summed E-state index contributed by atoms with van der Waals surface area (Å²) in [4.78, 5) is 17.6. The molecule has 1 aromatic heterocycles. The van der Waals surface area contributed by atoms with Crippen LogP contribution in [0, 0.1) is 0 Å². The van der Waals surface area contributed by atoms with E-state index in [1.807, 2.05) is 13.0 Å². The third-order valence-corrected chi connectivity index (χ3v) is 6.00. The minimum absolute atomic E-state index is 0.0995. The van der Waals surface area contributed by atoms with Crippen molar-refractivity contribution in [2.45, 2.75) is 19.8 Å². The molecule has 0 aliphatic rings. The van der Waals surface area contributed by atoms with Gasteiger partial charge in [-0.25, -0.2) is 4.98 Å². The maximum Gasteiger partial charge on any atom is 0.282 e. The number of rotatable bonds is 5. The molecule has 0 amide bonds. The van der Waals surface area contributed by atoms with E-state index in [-0.39, 0.29) is 22.1 Å². The number of phenolic OH excluding ortho intramolecular Hbond substituents is 1. The maximum atomic E-state index is 13.0. The first-order valence-electron chi connectivity index (χ1n) is 8.37. The molecule has 0 fully saturated rings. The summed E-state index contributed by atoms with van der Waals surface area (Å²) in [5.74, 6) is 0.595. The third-order valence-electron chi connectivity index (χ3n) is 4.06. The Bertz CT molecular complexity index is 1150. The number of aromatic hydroxyl groups is 1. The summed E-state index contributed by atoms with van der Waals surface area (Å²) in [6.45, 7) is 2.01. The van der Waals surface area contributed by atoms with Crippen LogP contribution in [-0.2, 0) is 6.42 Å². The van der Waals surface area contributed by atoms with Crippen LogP contribution in [0.1, 0.15) is 24.7 Å². The van der Waals surface area contributed by atoms with Crippen molar-refractivity contribution in [3.8, 4) is 11.5 Å². The van der Waals surface area contributed by atoms with Crippen molar-refractivity contribution in [1.82, 2.24) is 9.66 Å². The van der Waals surface area contributed by atoms with E-state index in [0.29, 0.717) is 33.2 Å². The lowest BCUT2D eigenvalue weighted by atomic mass is 10.2. The van der Waals surface area contributed by atoms with E-state index in [9.17, 15) is 9.90 Å². The number of fused-ring (bicyclic) bond motifs is 1. The number of aryl methyl sites for hydroxylation is 1. The number of halogens is 3. The smallest absolute Gasteiger partial charge is 0.282 e. The van der Waals surface area contributed by atoms with Crippen LogP contribution in [0.3, 0.4) is 0 Å². The predicted octanol–water partition coefficient (Wildman–Crippen LogP) is 5.12. The van der Waals surface area contributed by atoms with Crippen molar-refractivity contribution in [1.29, 1.82) is 0 Å². The van der Waals surface area contributed by atoms with E-state index in [2.05, 4.69) is 41.9 Å². The molecular weight excluding hydrogens is 513 g/mol. The zero-order valence-corrected chi connectivity index (χ0v) is 19.0. The van der Waals surface area contributed by atoms with Crippen LogP contribution in [0.4, 0.5) is 0 Å². The van der Waals surface area contributed by atoms with Gasteiger partial charge in [0.25, 0.3) is 5.56 Å². The van der Waals surface area contributed by atoms with Crippen LogP contribution in [0.15, 0.2) is 43.1 Å². The molecule has 9 heteroatoms. The van der Waals surface area contributed by atoms with Gasteiger partial charge >= 0.3 is 0 Å². The Balaban J connectivity index is 2.19. The van der Waals surface area contributed by atoms with Gasteiger partial charge in [0, 0.05) is 20.9 Å². The van der Waals surface area contributed by atoms with Gasteiger partial charge in [-0.3, -0.25) is 4.79 Å². The summed E-state index contributed by atoms with van der Waals surface area (Å²) in [6.07, 6.45) is 2.88. The number of nitrogens with zero attached hydrogens (tertiary/aromatic N) is 3. The van der Waals surface area contributed by atoms with Crippen molar-refractivity contribution < 1.29 is 9.84 Å². The largest absolute Gasteiger partial charge is 0.503 e. The van der Waals surface area contributed by atoms with Crippen molar-refractivity contribution in [2.75, 3.05) is 7.11 Å². The second-order valence-electron chi connectivity index (χ2n) is 5.95. The number of methoxy groups -OCH3 is 1.